The lowest BCUT2D eigenvalue weighted by Crippen LogP contribution is -2.36. The Hall–Kier alpha value is -0.770. The number of halogens is 1. The Morgan fingerprint density at radius 2 is 2.28 bits per heavy atom. The molecule has 0 bridgehead atoms. The summed E-state index contributed by atoms with van der Waals surface area (Å²) in [4.78, 5) is 14.7. The van der Waals surface area contributed by atoms with Crippen LogP contribution in [-0.4, -0.2) is 28.0 Å². The molecule has 1 unspecified atom stereocenters. The number of hydrogen-bond acceptors (Lipinski definition) is 1. The number of nitrogens with zero attached hydrogens (tertiary/aromatic N) is 2. The second-order valence-electron chi connectivity index (χ2n) is 4.94. The maximum atomic E-state index is 12.6. The van der Waals surface area contributed by atoms with Crippen LogP contribution in [0, 0.1) is 0 Å². The molecule has 4 heteroatoms. The van der Waals surface area contributed by atoms with E-state index in [1.165, 1.54) is 0 Å². The molecule has 1 atom stereocenters. The van der Waals surface area contributed by atoms with Gasteiger partial charge in [-0.15, -0.1) is 0 Å². The molecule has 2 heterocycles. The molecule has 0 spiro atoms. The second-order valence-corrected chi connectivity index (χ2v) is 5.86. The van der Waals surface area contributed by atoms with Gasteiger partial charge < -0.3 is 9.47 Å². The third kappa shape index (κ3) is 2.63. The minimum atomic E-state index is 0.193. The lowest BCUT2D eigenvalue weighted by Gasteiger charge is -2.24. The lowest BCUT2D eigenvalue weighted by molar-refractivity contribution is 0.0722. The molecule has 1 fully saturated rings. The Balaban J connectivity index is 2.22. The molecule has 0 aliphatic carbocycles. The molecular formula is C14H21BrN2O. The fraction of sp³-hybridized carbons (Fsp3) is 0.643. The van der Waals surface area contributed by atoms with Gasteiger partial charge in [0.05, 0.1) is 0 Å². The number of carbonyl (C=O) groups excluding carboxylic acids is 1. The van der Waals surface area contributed by atoms with Crippen LogP contribution in [-0.2, 0) is 6.54 Å². The highest BCUT2D eigenvalue weighted by Crippen LogP contribution is 2.24. The largest absolute Gasteiger partial charge is 0.342 e. The van der Waals surface area contributed by atoms with Gasteiger partial charge in [-0.05, 0) is 47.7 Å². The summed E-state index contributed by atoms with van der Waals surface area (Å²) >= 11 is 3.47. The summed E-state index contributed by atoms with van der Waals surface area (Å²) in [7, 11) is 0. The number of amides is 1. The first-order valence-electron chi connectivity index (χ1n) is 6.84. The van der Waals surface area contributed by atoms with Crippen LogP contribution >= 0.6 is 15.9 Å². The number of rotatable bonds is 4. The van der Waals surface area contributed by atoms with Gasteiger partial charge in [0.2, 0.25) is 0 Å². The number of aromatic nitrogens is 1. The molecule has 0 saturated carbocycles. The Morgan fingerprint density at radius 3 is 2.94 bits per heavy atom. The van der Waals surface area contributed by atoms with Crippen molar-refractivity contribution in [3.8, 4) is 0 Å². The zero-order valence-electron chi connectivity index (χ0n) is 11.2. The molecule has 0 aromatic carbocycles. The molecule has 1 aliphatic heterocycles. The Morgan fingerprint density at radius 1 is 1.50 bits per heavy atom. The molecule has 1 saturated heterocycles. The van der Waals surface area contributed by atoms with Gasteiger partial charge >= 0.3 is 0 Å². The van der Waals surface area contributed by atoms with Crippen molar-refractivity contribution in [1.82, 2.24) is 9.47 Å². The molecule has 0 N–H and O–H groups in total. The normalized spacial score (nSPS) is 19.5. The number of hydrogen-bond donors (Lipinski definition) is 0. The summed E-state index contributed by atoms with van der Waals surface area (Å²) < 4.78 is 3.06. The SMILES string of the molecule is CCCn1cc(Br)cc1C(=O)N1CCCC1CC. The Bertz CT molecular complexity index is 427. The fourth-order valence-corrected chi connectivity index (χ4v) is 3.22. The number of likely N-dealkylation sites (tertiary alicyclic amines) is 1. The number of aryl methyl sites for hydroxylation is 1. The van der Waals surface area contributed by atoms with E-state index in [2.05, 4.69) is 34.3 Å². The molecule has 1 aromatic heterocycles. The molecule has 3 nitrogen and oxygen atoms in total. The van der Waals surface area contributed by atoms with E-state index >= 15 is 0 Å². The molecule has 1 amide bonds. The highest BCUT2D eigenvalue weighted by atomic mass is 79.9. The minimum Gasteiger partial charge on any atom is -0.342 e. The van der Waals surface area contributed by atoms with Gasteiger partial charge in [-0.25, -0.2) is 0 Å². The molecule has 1 aromatic rings. The molecule has 1 aliphatic rings. The maximum Gasteiger partial charge on any atom is 0.270 e. The fourth-order valence-electron chi connectivity index (χ4n) is 2.75. The van der Waals surface area contributed by atoms with Gasteiger partial charge in [-0.2, -0.15) is 0 Å². The third-order valence-electron chi connectivity index (χ3n) is 3.66. The monoisotopic (exact) mass is 312 g/mol. The van der Waals surface area contributed by atoms with Crippen LogP contribution in [0.15, 0.2) is 16.7 Å². The summed E-state index contributed by atoms with van der Waals surface area (Å²) in [6, 6.07) is 2.38. The summed E-state index contributed by atoms with van der Waals surface area (Å²) in [5.74, 6) is 0.193. The van der Waals surface area contributed by atoms with Crippen LogP contribution < -0.4 is 0 Å². The summed E-state index contributed by atoms with van der Waals surface area (Å²) in [5.41, 5.74) is 0.823. The average Bonchev–Trinajstić information content (AvgIpc) is 2.95. The van der Waals surface area contributed by atoms with Gasteiger partial charge in [-0.1, -0.05) is 13.8 Å². The van der Waals surface area contributed by atoms with E-state index in [1.807, 2.05) is 17.2 Å². The summed E-state index contributed by atoms with van der Waals surface area (Å²) in [6.45, 7) is 6.10. The summed E-state index contributed by atoms with van der Waals surface area (Å²) in [6.07, 6.45) is 6.39. The smallest absolute Gasteiger partial charge is 0.270 e. The first kappa shape index (κ1) is 13.7. The predicted molar refractivity (Wildman–Crippen MR) is 76.8 cm³/mol. The van der Waals surface area contributed by atoms with E-state index in [0.29, 0.717) is 6.04 Å². The van der Waals surface area contributed by atoms with Crippen LogP contribution in [0.2, 0.25) is 0 Å². The van der Waals surface area contributed by atoms with Gasteiger partial charge in [0.15, 0.2) is 0 Å². The van der Waals surface area contributed by atoms with Gasteiger partial charge in [0.1, 0.15) is 5.69 Å². The van der Waals surface area contributed by atoms with Crippen molar-refractivity contribution in [3.05, 3.63) is 22.4 Å². The molecule has 18 heavy (non-hydrogen) atoms. The van der Waals surface area contributed by atoms with E-state index in [4.69, 9.17) is 0 Å². The first-order chi connectivity index (χ1) is 8.67. The van der Waals surface area contributed by atoms with Gasteiger partial charge in [0.25, 0.3) is 5.91 Å². The van der Waals surface area contributed by atoms with Crippen LogP contribution in [0.4, 0.5) is 0 Å². The van der Waals surface area contributed by atoms with Gasteiger partial charge in [0, 0.05) is 29.8 Å². The minimum absolute atomic E-state index is 0.193. The third-order valence-corrected chi connectivity index (χ3v) is 4.09. The van der Waals surface area contributed by atoms with Crippen molar-refractivity contribution in [1.29, 1.82) is 0 Å². The first-order valence-corrected chi connectivity index (χ1v) is 7.63. The molecule has 0 radical (unpaired) electrons. The maximum absolute atomic E-state index is 12.6. The Labute approximate surface area is 117 Å². The van der Waals surface area contributed by atoms with Crippen LogP contribution in [0.25, 0.3) is 0 Å². The average molecular weight is 313 g/mol. The molecule has 2 rings (SSSR count). The zero-order chi connectivity index (χ0) is 13.1. The molecular weight excluding hydrogens is 292 g/mol. The summed E-state index contributed by atoms with van der Waals surface area (Å²) in [5, 5.41) is 0. The molecule has 100 valence electrons. The van der Waals surface area contributed by atoms with E-state index < -0.39 is 0 Å². The predicted octanol–water partition coefficient (Wildman–Crippen LogP) is 3.68. The van der Waals surface area contributed by atoms with Crippen LogP contribution in [0.5, 0.6) is 0 Å². The van der Waals surface area contributed by atoms with Crippen molar-refractivity contribution >= 4 is 21.8 Å². The van der Waals surface area contributed by atoms with Crippen LogP contribution in [0.1, 0.15) is 50.0 Å². The van der Waals surface area contributed by atoms with E-state index in [1.54, 1.807) is 0 Å². The number of carbonyl (C=O) groups is 1. The van der Waals surface area contributed by atoms with E-state index in [-0.39, 0.29) is 5.91 Å². The van der Waals surface area contributed by atoms with E-state index in [0.717, 1.165) is 48.9 Å². The zero-order valence-corrected chi connectivity index (χ0v) is 12.7. The van der Waals surface area contributed by atoms with Crippen molar-refractivity contribution in [2.75, 3.05) is 6.54 Å². The van der Waals surface area contributed by atoms with E-state index in [9.17, 15) is 4.79 Å². The lowest BCUT2D eigenvalue weighted by atomic mass is 10.1. The topological polar surface area (TPSA) is 25.2 Å². The standard InChI is InChI=1S/C14H21BrN2O/c1-3-7-16-10-11(15)9-13(16)14(18)17-8-5-6-12(17)4-2/h9-10,12H,3-8H2,1-2H3. The van der Waals surface area contributed by atoms with Gasteiger partial charge in [-0.3, -0.25) is 4.79 Å². The highest BCUT2D eigenvalue weighted by Gasteiger charge is 2.29. The second kappa shape index (κ2) is 5.91. The quantitative estimate of drug-likeness (QED) is 0.832. The van der Waals surface area contributed by atoms with Crippen molar-refractivity contribution in [2.45, 2.75) is 52.1 Å². The van der Waals surface area contributed by atoms with Crippen LogP contribution in [0.3, 0.4) is 0 Å². The Kier molecular flexibility index (Phi) is 4.49. The highest BCUT2D eigenvalue weighted by molar-refractivity contribution is 9.10. The van der Waals surface area contributed by atoms with Crippen molar-refractivity contribution in [3.63, 3.8) is 0 Å². The van der Waals surface area contributed by atoms with Crippen molar-refractivity contribution in [2.24, 2.45) is 0 Å². The van der Waals surface area contributed by atoms with Crippen molar-refractivity contribution < 1.29 is 4.79 Å².